The zero-order valence-corrected chi connectivity index (χ0v) is 9.99. The largest absolute Gasteiger partial charge is 1.00 e. The van der Waals surface area contributed by atoms with Gasteiger partial charge < -0.3 is 15.0 Å². The first-order valence-electron chi connectivity index (χ1n) is 4.12. The first-order chi connectivity index (χ1) is 6.10. The SMILES string of the molecule is O=C([O-])C1(O)Cc2cccc(c2)C1.[Na+]. The van der Waals surface area contributed by atoms with Crippen LogP contribution in [0.4, 0.5) is 0 Å². The molecule has 0 heterocycles. The molecule has 0 aliphatic heterocycles. The minimum absolute atomic E-state index is 0. The number of rotatable bonds is 1. The number of aliphatic hydroxyl groups is 1. The molecular weight excluding hydrogens is 191 g/mol. The van der Waals surface area contributed by atoms with Crippen LogP contribution in [0.5, 0.6) is 0 Å². The van der Waals surface area contributed by atoms with Crippen LogP contribution in [0.3, 0.4) is 0 Å². The van der Waals surface area contributed by atoms with Gasteiger partial charge in [-0.3, -0.25) is 0 Å². The van der Waals surface area contributed by atoms with Crippen LogP contribution in [0.2, 0.25) is 0 Å². The molecule has 0 radical (unpaired) electrons. The number of hydrogen-bond acceptors (Lipinski definition) is 3. The standard InChI is InChI=1S/C10H10O3.Na/c11-9(12)10(13)5-7-2-1-3-8(4-7)6-10;/h1-4,13H,5-6H2,(H,11,12);/q;+1/p-1. The first-order valence-corrected chi connectivity index (χ1v) is 4.12. The molecule has 14 heavy (non-hydrogen) atoms. The Bertz CT molecular complexity index is 341. The fourth-order valence-electron chi connectivity index (χ4n) is 1.73. The fourth-order valence-corrected chi connectivity index (χ4v) is 1.73. The number of carboxylic acid groups (broad SMARTS) is 1. The summed E-state index contributed by atoms with van der Waals surface area (Å²) in [6.07, 6.45) is 0.284. The van der Waals surface area contributed by atoms with Crippen molar-refractivity contribution in [2.45, 2.75) is 18.4 Å². The molecule has 1 aliphatic rings. The third-order valence-corrected chi connectivity index (χ3v) is 2.36. The van der Waals surface area contributed by atoms with Crippen LogP contribution < -0.4 is 34.7 Å². The summed E-state index contributed by atoms with van der Waals surface area (Å²) in [7, 11) is 0. The molecular formula is C10H9NaO3. The smallest absolute Gasteiger partial charge is 0.547 e. The fraction of sp³-hybridized carbons (Fsp3) is 0.300. The van der Waals surface area contributed by atoms with Crippen molar-refractivity contribution in [3.05, 3.63) is 35.4 Å². The summed E-state index contributed by atoms with van der Waals surface area (Å²) < 4.78 is 0. The Hall–Kier alpha value is -0.350. The first kappa shape index (κ1) is 11.7. The predicted molar refractivity (Wildman–Crippen MR) is 43.8 cm³/mol. The Kier molecular flexibility index (Phi) is 3.37. The maximum absolute atomic E-state index is 10.7. The van der Waals surface area contributed by atoms with Gasteiger partial charge in [0, 0.05) is 12.8 Å². The van der Waals surface area contributed by atoms with E-state index in [0.717, 1.165) is 11.1 Å². The van der Waals surface area contributed by atoms with Gasteiger partial charge in [0.05, 0.1) is 5.97 Å². The molecule has 0 fully saturated rings. The van der Waals surface area contributed by atoms with Crippen LogP contribution in [0, 0.1) is 0 Å². The van der Waals surface area contributed by atoms with Gasteiger partial charge in [0.15, 0.2) is 0 Å². The van der Waals surface area contributed by atoms with Crippen molar-refractivity contribution in [3.63, 3.8) is 0 Å². The maximum Gasteiger partial charge on any atom is 1.00 e. The average Bonchev–Trinajstić information content (AvgIpc) is 2.02. The van der Waals surface area contributed by atoms with E-state index in [0.29, 0.717) is 0 Å². The molecule has 1 aromatic rings. The van der Waals surface area contributed by atoms with Gasteiger partial charge >= 0.3 is 29.6 Å². The van der Waals surface area contributed by atoms with Crippen LogP contribution in [0.1, 0.15) is 11.1 Å². The summed E-state index contributed by atoms with van der Waals surface area (Å²) in [5.41, 5.74) is -0.0216. The molecule has 0 aromatic heterocycles. The maximum atomic E-state index is 10.7. The third-order valence-electron chi connectivity index (χ3n) is 2.36. The van der Waals surface area contributed by atoms with E-state index in [-0.39, 0.29) is 42.4 Å². The Morgan fingerprint density at radius 2 is 1.86 bits per heavy atom. The van der Waals surface area contributed by atoms with Crippen LogP contribution in [0.25, 0.3) is 0 Å². The van der Waals surface area contributed by atoms with Crippen LogP contribution >= 0.6 is 0 Å². The molecule has 0 spiro atoms. The van der Waals surface area contributed by atoms with Gasteiger partial charge in [0.25, 0.3) is 0 Å². The van der Waals surface area contributed by atoms with Crippen molar-refractivity contribution in [2.24, 2.45) is 0 Å². The van der Waals surface area contributed by atoms with Gasteiger partial charge in [-0.1, -0.05) is 24.3 Å². The van der Waals surface area contributed by atoms with Crippen LogP contribution in [-0.4, -0.2) is 16.7 Å². The molecule has 0 atom stereocenters. The molecule has 0 amide bonds. The van der Waals surface area contributed by atoms with Crippen LogP contribution in [0.15, 0.2) is 24.3 Å². The van der Waals surface area contributed by atoms with E-state index in [2.05, 4.69) is 0 Å². The number of benzene rings is 1. The van der Waals surface area contributed by atoms with Gasteiger partial charge in [-0.05, 0) is 11.1 Å². The molecule has 0 saturated carbocycles. The van der Waals surface area contributed by atoms with E-state index in [1.807, 2.05) is 12.1 Å². The van der Waals surface area contributed by atoms with Gasteiger partial charge in [-0.2, -0.15) is 0 Å². The molecule has 0 saturated heterocycles. The van der Waals surface area contributed by atoms with Gasteiger partial charge in [0.2, 0.25) is 0 Å². The summed E-state index contributed by atoms with van der Waals surface area (Å²) in [6, 6.07) is 7.37. The summed E-state index contributed by atoms with van der Waals surface area (Å²) >= 11 is 0. The number of carbonyl (C=O) groups excluding carboxylic acids is 1. The quantitative estimate of drug-likeness (QED) is 0.474. The summed E-state index contributed by atoms with van der Waals surface area (Å²) in [6.45, 7) is 0. The number of carbonyl (C=O) groups is 1. The van der Waals surface area contributed by atoms with Crippen molar-refractivity contribution in [1.29, 1.82) is 0 Å². The normalized spacial score (nSPS) is 16.9. The van der Waals surface area contributed by atoms with E-state index < -0.39 is 11.6 Å². The number of aliphatic carboxylic acids is 1. The number of hydrogen-bond donors (Lipinski definition) is 1. The van der Waals surface area contributed by atoms with E-state index >= 15 is 0 Å². The van der Waals surface area contributed by atoms with Gasteiger partial charge in [-0.15, -0.1) is 0 Å². The van der Waals surface area contributed by atoms with Gasteiger partial charge in [-0.25, -0.2) is 0 Å². The molecule has 4 heteroatoms. The Labute approximate surface area is 104 Å². The zero-order chi connectivity index (χ0) is 9.47. The molecule has 0 unspecified atom stereocenters. The molecule has 1 N–H and O–H groups in total. The van der Waals surface area contributed by atoms with E-state index in [4.69, 9.17) is 0 Å². The van der Waals surface area contributed by atoms with Crippen molar-refractivity contribution in [1.82, 2.24) is 0 Å². The number of carboxylic acids is 1. The Morgan fingerprint density at radius 3 is 2.29 bits per heavy atom. The number of fused-ring (bicyclic) bond motifs is 2. The molecule has 1 aliphatic carbocycles. The molecule has 2 rings (SSSR count). The van der Waals surface area contributed by atoms with E-state index in [1.165, 1.54) is 0 Å². The summed E-state index contributed by atoms with van der Waals surface area (Å²) in [5, 5.41) is 20.3. The minimum atomic E-state index is -1.71. The second-order valence-corrected chi connectivity index (χ2v) is 3.49. The van der Waals surface area contributed by atoms with E-state index in [1.54, 1.807) is 12.1 Å². The molecule has 2 bridgehead atoms. The van der Waals surface area contributed by atoms with Crippen LogP contribution in [-0.2, 0) is 17.6 Å². The molecule has 3 nitrogen and oxygen atoms in total. The van der Waals surface area contributed by atoms with E-state index in [9.17, 15) is 15.0 Å². The van der Waals surface area contributed by atoms with Crippen molar-refractivity contribution < 1.29 is 44.6 Å². The summed E-state index contributed by atoms with van der Waals surface area (Å²) in [4.78, 5) is 10.7. The van der Waals surface area contributed by atoms with Crippen molar-refractivity contribution >= 4 is 5.97 Å². The molecule has 1 aromatic carbocycles. The second-order valence-electron chi connectivity index (χ2n) is 3.49. The van der Waals surface area contributed by atoms with Gasteiger partial charge in [0.1, 0.15) is 5.60 Å². The predicted octanol–water partition coefficient (Wildman–Crippen LogP) is -3.73. The Morgan fingerprint density at radius 1 is 1.36 bits per heavy atom. The topological polar surface area (TPSA) is 60.4 Å². The second kappa shape index (κ2) is 4.03. The zero-order valence-electron chi connectivity index (χ0n) is 7.99. The summed E-state index contributed by atoms with van der Waals surface area (Å²) in [5.74, 6) is -1.39. The molecule has 68 valence electrons. The third kappa shape index (κ3) is 2.01. The Balaban J connectivity index is 0.000000980. The average molecular weight is 200 g/mol. The minimum Gasteiger partial charge on any atom is -0.547 e. The van der Waals surface area contributed by atoms with Crippen molar-refractivity contribution in [3.8, 4) is 0 Å². The van der Waals surface area contributed by atoms with Crippen molar-refractivity contribution in [2.75, 3.05) is 0 Å². The monoisotopic (exact) mass is 200 g/mol.